The van der Waals surface area contributed by atoms with Crippen molar-refractivity contribution in [2.75, 3.05) is 0 Å². The molecule has 1 aromatic carbocycles. The Morgan fingerprint density at radius 3 is 2.88 bits per heavy atom. The highest BCUT2D eigenvalue weighted by Crippen LogP contribution is 2.32. The van der Waals surface area contributed by atoms with Gasteiger partial charge in [0.1, 0.15) is 16.7 Å². The van der Waals surface area contributed by atoms with Crippen LogP contribution in [0.25, 0.3) is 0 Å². The molecule has 0 amide bonds. The molecule has 2 aromatic rings. The number of rotatable bonds is 3. The number of nitriles is 1. The lowest BCUT2D eigenvalue weighted by molar-refractivity contribution is 0.112. The molecule has 0 N–H and O–H groups in total. The Kier molecular flexibility index (Phi) is 3.38. The number of halogens is 1. The molecule has 4 nitrogen and oxygen atoms in total. The standard InChI is InChI=1S/C11H5ClN2O2S/c12-10-9(6-15)17-11(14-10)16-8-4-2-1-3-7(8)5-13/h1-4,6H. The summed E-state index contributed by atoms with van der Waals surface area (Å²) in [6.45, 7) is 0. The van der Waals surface area contributed by atoms with E-state index in [1.165, 1.54) is 0 Å². The number of nitrogens with zero attached hydrogens (tertiary/aromatic N) is 2. The number of carbonyl (C=O) groups is 1. The number of aromatic nitrogens is 1. The summed E-state index contributed by atoms with van der Waals surface area (Å²) in [4.78, 5) is 14.8. The molecule has 0 unspecified atom stereocenters. The molecule has 0 bridgehead atoms. The summed E-state index contributed by atoms with van der Waals surface area (Å²) in [6, 6.07) is 8.75. The SMILES string of the molecule is N#Cc1ccccc1Oc1nc(Cl)c(C=O)s1. The maximum atomic E-state index is 10.6. The van der Waals surface area contributed by atoms with Crippen LogP contribution < -0.4 is 4.74 Å². The third-order valence-corrected chi connectivity index (χ3v) is 3.16. The summed E-state index contributed by atoms with van der Waals surface area (Å²) in [7, 11) is 0. The number of hydrogen-bond donors (Lipinski definition) is 0. The first-order chi connectivity index (χ1) is 8.24. The lowest BCUT2D eigenvalue weighted by Gasteiger charge is -2.02. The molecule has 0 atom stereocenters. The molecule has 0 aliphatic heterocycles. The van der Waals surface area contributed by atoms with E-state index in [2.05, 4.69) is 4.98 Å². The summed E-state index contributed by atoms with van der Waals surface area (Å²) in [5.74, 6) is 0.387. The lowest BCUT2D eigenvalue weighted by atomic mass is 10.2. The highest BCUT2D eigenvalue weighted by Gasteiger charge is 2.11. The number of para-hydroxylation sites is 1. The summed E-state index contributed by atoms with van der Waals surface area (Å²) in [6.07, 6.45) is 0.614. The second kappa shape index (κ2) is 4.95. The van der Waals surface area contributed by atoms with Crippen LogP contribution in [0.2, 0.25) is 5.15 Å². The van der Waals surface area contributed by atoms with E-state index >= 15 is 0 Å². The van der Waals surface area contributed by atoms with Gasteiger partial charge in [-0.1, -0.05) is 35.1 Å². The van der Waals surface area contributed by atoms with E-state index < -0.39 is 0 Å². The summed E-state index contributed by atoms with van der Waals surface area (Å²) < 4.78 is 5.41. The van der Waals surface area contributed by atoms with Crippen LogP contribution in [0.4, 0.5) is 0 Å². The monoisotopic (exact) mass is 264 g/mol. The zero-order valence-electron chi connectivity index (χ0n) is 8.38. The minimum absolute atomic E-state index is 0.106. The molecule has 0 spiro atoms. The van der Waals surface area contributed by atoms with Gasteiger partial charge in [0, 0.05) is 0 Å². The molecule has 1 heterocycles. The van der Waals surface area contributed by atoms with E-state index in [0.717, 1.165) is 11.3 Å². The number of ether oxygens (including phenoxy) is 1. The van der Waals surface area contributed by atoms with Crippen molar-refractivity contribution in [3.63, 3.8) is 0 Å². The first-order valence-corrected chi connectivity index (χ1v) is 5.72. The van der Waals surface area contributed by atoms with Gasteiger partial charge >= 0.3 is 0 Å². The van der Waals surface area contributed by atoms with Crippen molar-refractivity contribution in [1.82, 2.24) is 4.98 Å². The van der Waals surface area contributed by atoms with Gasteiger partial charge in [0.2, 0.25) is 0 Å². The zero-order valence-corrected chi connectivity index (χ0v) is 9.96. The number of aldehydes is 1. The van der Waals surface area contributed by atoms with Crippen molar-refractivity contribution in [3.8, 4) is 17.0 Å². The van der Waals surface area contributed by atoms with Crippen LogP contribution in [-0.4, -0.2) is 11.3 Å². The minimum Gasteiger partial charge on any atom is -0.429 e. The normalized spacial score (nSPS) is 9.65. The molecular formula is C11H5ClN2O2S. The number of carbonyl (C=O) groups excluding carboxylic acids is 1. The molecule has 0 aliphatic carbocycles. The van der Waals surface area contributed by atoms with Crippen molar-refractivity contribution in [3.05, 3.63) is 39.9 Å². The van der Waals surface area contributed by atoms with Crippen LogP contribution in [0.5, 0.6) is 10.9 Å². The van der Waals surface area contributed by atoms with Crippen molar-refractivity contribution in [1.29, 1.82) is 5.26 Å². The highest BCUT2D eigenvalue weighted by molar-refractivity contribution is 7.15. The summed E-state index contributed by atoms with van der Waals surface area (Å²) in [5.41, 5.74) is 0.395. The fourth-order valence-corrected chi connectivity index (χ4v) is 2.07. The maximum Gasteiger partial charge on any atom is 0.280 e. The first-order valence-electron chi connectivity index (χ1n) is 4.53. The average Bonchev–Trinajstić information content (AvgIpc) is 2.70. The lowest BCUT2D eigenvalue weighted by Crippen LogP contribution is -1.86. The van der Waals surface area contributed by atoms with Crippen LogP contribution in [-0.2, 0) is 0 Å². The van der Waals surface area contributed by atoms with Crippen LogP contribution in [0.3, 0.4) is 0 Å². The van der Waals surface area contributed by atoms with Crippen molar-refractivity contribution in [2.45, 2.75) is 0 Å². The molecule has 2 rings (SSSR count). The zero-order chi connectivity index (χ0) is 12.3. The van der Waals surface area contributed by atoms with E-state index in [1.807, 2.05) is 6.07 Å². The van der Waals surface area contributed by atoms with Gasteiger partial charge in [-0.2, -0.15) is 10.2 Å². The van der Waals surface area contributed by atoms with E-state index in [1.54, 1.807) is 24.3 Å². The third kappa shape index (κ3) is 2.44. The van der Waals surface area contributed by atoms with Gasteiger partial charge in [-0.05, 0) is 12.1 Å². The Bertz CT molecular complexity index is 604. The number of hydrogen-bond acceptors (Lipinski definition) is 5. The van der Waals surface area contributed by atoms with Gasteiger partial charge in [-0.25, -0.2) is 0 Å². The molecule has 6 heteroatoms. The predicted molar refractivity (Wildman–Crippen MR) is 63.7 cm³/mol. The van der Waals surface area contributed by atoms with E-state index in [4.69, 9.17) is 21.6 Å². The van der Waals surface area contributed by atoms with Gasteiger partial charge in [0.05, 0.1) is 5.56 Å². The number of benzene rings is 1. The van der Waals surface area contributed by atoms with Crippen molar-refractivity contribution < 1.29 is 9.53 Å². The third-order valence-electron chi connectivity index (χ3n) is 1.90. The largest absolute Gasteiger partial charge is 0.429 e. The smallest absolute Gasteiger partial charge is 0.280 e. The maximum absolute atomic E-state index is 10.6. The van der Waals surface area contributed by atoms with Gasteiger partial charge in [0.25, 0.3) is 5.19 Å². The van der Waals surface area contributed by atoms with Crippen LogP contribution >= 0.6 is 22.9 Å². The van der Waals surface area contributed by atoms with E-state index in [0.29, 0.717) is 22.5 Å². The van der Waals surface area contributed by atoms with E-state index in [9.17, 15) is 4.79 Å². The topological polar surface area (TPSA) is 63.0 Å². The Hall–Kier alpha value is -1.90. The second-order valence-corrected chi connectivity index (χ2v) is 4.31. The Balaban J connectivity index is 2.32. The van der Waals surface area contributed by atoms with Crippen molar-refractivity contribution in [2.24, 2.45) is 0 Å². The molecule has 84 valence electrons. The molecule has 0 radical (unpaired) electrons. The van der Waals surface area contributed by atoms with Gasteiger partial charge in [-0.3, -0.25) is 4.79 Å². The molecule has 1 aromatic heterocycles. The Morgan fingerprint density at radius 2 is 2.24 bits per heavy atom. The second-order valence-electron chi connectivity index (χ2n) is 2.96. The summed E-state index contributed by atoms with van der Waals surface area (Å²) in [5, 5.41) is 9.22. The van der Waals surface area contributed by atoms with Crippen LogP contribution in [0, 0.1) is 11.3 Å². The number of thiazole rings is 1. The van der Waals surface area contributed by atoms with Gasteiger partial charge in [0.15, 0.2) is 11.4 Å². The molecule has 0 fully saturated rings. The van der Waals surface area contributed by atoms with Crippen LogP contribution in [0.15, 0.2) is 24.3 Å². The molecule has 0 aliphatic rings. The Labute approximate surface area is 106 Å². The average molecular weight is 265 g/mol. The van der Waals surface area contributed by atoms with Gasteiger partial charge < -0.3 is 4.74 Å². The quantitative estimate of drug-likeness (QED) is 0.798. The minimum atomic E-state index is 0.106. The van der Waals surface area contributed by atoms with E-state index in [-0.39, 0.29) is 10.3 Å². The fraction of sp³-hybridized carbons (Fsp3) is 0. The first kappa shape index (κ1) is 11.6. The highest BCUT2D eigenvalue weighted by atomic mass is 35.5. The van der Waals surface area contributed by atoms with Crippen molar-refractivity contribution >= 4 is 29.2 Å². The predicted octanol–water partition coefficient (Wildman–Crippen LogP) is 3.27. The molecule has 17 heavy (non-hydrogen) atoms. The molecule has 0 saturated carbocycles. The fourth-order valence-electron chi connectivity index (χ4n) is 1.15. The summed E-state index contributed by atoms with van der Waals surface area (Å²) >= 11 is 6.74. The Morgan fingerprint density at radius 1 is 1.47 bits per heavy atom. The molecule has 0 saturated heterocycles. The molecular weight excluding hydrogens is 260 g/mol. The van der Waals surface area contributed by atoms with Crippen LogP contribution in [0.1, 0.15) is 15.2 Å². The van der Waals surface area contributed by atoms with Gasteiger partial charge in [-0.15, -0.1) is 0 Å².